The molecule has 0 spiro atoms. The highest BCUT2D eigenvalue weighted by Gasteiger charge is 2.08. The predicted molar refractivity (Wildman–Crippen MR) is 74.9 cm³/mol. The maximum Gasteiger partial charge on any atom is 0.175 e. The summed E-state index contributed by atoms with van der Waals surface area (Å²) in [5.74, 6) is 0. The Balaban J connectivity index is 2.27. The van der Waals surface area contributed by atoms with E-state index in [1.54, 1.807) is 12.1 Å². The Morgan fingerprint density at radius 2 is 1.74 bits per heavy atom. The van der Waals surface area contributed by atoms with E-state index in [1.807, 2.05) is 0 Å². The first kappa shape index (κ1) is 14.0. The van der Waals surface area contributed by atoms with E-state index in [4.69, 9.17) is 23.2 Å². The van der Waals surface area contributed by atoms with E-state index in [0.29, 0.717) is 11.4 Å². The third-order valence-electron chi connectivity index (χ3n) is 2.28. The Kier molecular flexibility index (Phi) is 3.93. The van der Waals surface area contributed by atoms with Gasteiger partial charge in [-0.2, -0.15) is 0 Å². The molecule has 8 heteroatoms. The molecule has 0 unspecified atom stereocenters. The second-order valence-corrected chi connectivity index (χ2v) is 6.55. The van der Waals surface area contributed by atoms with Crippen molar-refractivity contribution in [3.63, 3.8) is 0 Å². The number of benzene rings is 1. The second-order valence-electron chi connectivity index (χ2n) is 3.79. The third kappa shape index (κ3) is 3.56. The van der Waals surface area contributed by atoms with E-state index in [9.17, 15) is 8.42 Å². The molecule has 0 atom stereocenters. The molecule has 1 N–H and O–H groups in total. The smallest absolute Gasteiger partial charge is 0.175 e. The summed E-state index contributed by atoms with van der Waals surface area (Å²) in [4.78, 5) is 0.245. The average molecular weight is 318 g/mol. The SMILES string of the molecule is CS(=O)(=O)c1ccc(Nc2cc(Cl)nnc2Cl)cc1. The van der Waals surface area contributed by atoms with Gasteiger partial charge in [-0.05, 0) is 24.3 Å². The average Bonchev–Trinajstić information content (AvgIpc) is 2.33. The minimum atomic E-state index is -3.20. The van der Waals surface area contributed by atoms with Crippen LogP contribution in [0.1, 0.15) is 0 Å². The largest absolute Gasteiger partial charge is 0.353 e. The number of aromatic nitrogens is 2. The summed E-state index contributed by atoms with van der Waals surface area (Å²) in [6.45, 7) is 0. The van der Waals surface area contributed by atoms with Crippen LogP contribution < -0.4 is 5.32 Å². The Labute approximate surface area is 120 Å². The van der Waals surface area contributed by atoms with Crippen LogP contribution in [0.4, 0.5) is 11.4 Å². The highest BCUT2D eigenvalue weighted by Crippen LogP contribution is 2.25. The van der Waals surface area contributed by atoms with Crippen molar-refractivity contribution in [1.29, 1.82) is 0 Å². The lowest BCUT2D eigenvalue weighted by atomic mass is 10.3. The molecule has 1 heterocycles. The molecule has 0 saturated heterocycles. The summed E-state index contributed by atoms with van der Waals surface area (Å²) in [5, 5.41) is 10.6. The molecule has 2 aromatic rings. The standard InChI is InChI=1S/C11H9Cl2N3O2S/c1-19(17,18)8-4-2-7(3-5-8)14-9-6-10(12)15-16-11(9)13/h2-6H,1H3,(H,14,15). The maximum atomic E-state index is 11.3. The molecule has 100 valence electrons. The number of halogens is 2. The molecule has 0 bridgehead atoms. The zero-order chi connectivity index (χ0) is 14.0. The first-order valence-electron chi connectivity index (χ1n) is 5.12. The van der Waals surface area contributed by atoms with Crippen molar-refractivity contribution in [2.24, 2.45) is 0 Å². The van der Waals surface area contributed by atoms with Crippen LogP contribution in [-0.2, 0) is 9.84 Å². The Bertz CT molecular complexity index is 702. The van der Waals surface area contributed by atoms with Crippen LogP contribution in [0.3, 0.4) is 0 Å². The molecular formula is C11H9Cl2N3O2S. The fraction of sp³-hybridized carbons (Fsp3) is 0.0909. The molecule has 0 aliphatic carbocycles. The van der Waals surface area contributed by atoms with Crippen molar-refractivity contribution in [2.75, 3.05) is 11.6 Å². The van der Waals surface area contributed by atoms with Crippen molar-refractivity contribution in [1.82, 2.24) is 10.2 Å². The molecule has 5 nitrogen and oxygen atoms in total. The number of hydrogen-bond donors (Lipinski definition) is 1. The molecule has 1 aromatic heterocycles. The number of hydrogen-bond acceptors (Lipinski definition) is 5. The quantitative estimate of drug-likeness (QED) is 0.942. The zero-order valence-corrected chi connectivity index (χ0v) is 12.1. The summed E-state index contributed by atoms with van der Waals surface area (Å²) >= 11 is 11.6. The molecule has 0 amide bonds. The number of rotatable bonds is 3. The lowest BCUT2D eigenvalue weighted by Crippen LogP contribution is -1.98. The van der Waals surface area contributed by atoms with Gasteiger partial charge in [0.25, 0.3) is 0 Å². The summed E-state index contributed by atoms with van der Waals surface area (Å²) in [6.07, 6.45) is 1.15. The molecule has 0 saturated carbocycles. The number of sulfone groups is 1. The summed E-state index contributed by atoms with van der Waals surface area (Å²) < 4.78 is 22.6. The first-order chi connectivity index (χ1) is 8.86. The zero-order valence-electron chi connectivity index (χ0n) is 9.76. The topological polar surface area (TPSA) is 72.0 Å². The molecule has 1 aromatic carbocycles. The van der Waals surface area contributed by atoms with Crippen LogP contribution >= 0.6 is 23.2 Å². The van der Waals surface area contributed by atoms with Crippen LogP contribution in [0.25, 0.3) is 0 Å². The fourth-order valence-electron chi connectivity index (χ4n) is 1.38. The van der Waals surface area contributed by atoms with E-state index in [2.05, 4.69) is 15.5 Å². The van der Waals surface area contributed by atoms with E-state index in [-0.39, 0.29) is 15.2 Å². The molecule has 0 aliphatic heterocycles. The van der Waals surface area contributed by atoms with Crippen LogP contribution in [0, 0.1) is 0 Å². The van der Waals surface area contributed by atoms with Gasteiger partial charge in [0, 0.05) is 18.0 Å². The highest BCUT2D eigenvalue weighted by atomic mass is 35.5. The van der Waals surface area contributed by atoms with E-state index in [1.165, 1.54) is 18.2 Å². The molecule has 19 heavy (non-hydrogen) atoms. The van der Waals surface area contributed by atoms with Crippen molar-refractivity contribution >= 4 is 44.4 Å². The third-order valence-corrected chi connectivity index (χ3v) is 3.87. The van der Waals surface area contributed by atoms with Gasteiger partial charge in [-0.3, -0.25) is 0 Å². The number of anilines is 2. The van der Waals surface area contributed by atoms with Gasteiger partial charge in [-0.25, -0.2) is 8.42 Å². The number of nitrogens with zero attached hydrogens (tertiary/aromatic N) is 2. The predicted octanol–water partition coefficient (Wildman–Crippen LogP) is 2.93. The van der Waals surface area contributed by atoms with Crippen LogP contribution in [0.15, 0.2) is 35.2 Å². The van der Waals surface area contributed by atoms with Gasteiger partial charge < -0.3 is 5.32 Å². The van der Waals surface area contributed by atoms with Crippen molar-refractivity contribution < 1.29 is 8.42 Å². The maximum absolute atomic E-state index is 11.3. The summed E-state index contributed by atoms with van der Waals surface area (Å²) in [7, 11) is -3.20. The molecule has 0 radical (unpaired) electrons. The molecule has 2 rings (SSSR count). The number of nitrogens with one attached hydrogen (secondary N) is 1. The molecule has 0 aliphatic rings. The minimum absolute atomic E-state index is 0.177. The fourth-order valence-corrected chi connectivity index (χ4v) is 2.30. The van der Waals surface area contributed by atoms with Gasteiger partial charge in [0.2, 0.25) is 0 Å². The Morgan fingerprint density at radius 3 is 2.32 bits per heavy atom. The van der Waals surface area contributed by atoms with Crippen LogP contribution in [0.5, 0.6) is 0 Å². The van der Waals surface area contributed by atoms with E-state index < -0.39 is 9.84 Å². The van der Waals surface area contributed by atoms with Gasteiger partial charge in [0.15, 0.2) is 20.1 Å². The monoisotopic (exact) mass is 317 g/mol. The van der Waals surface area contributed by atoms with Crippen molar-refractivity contribution in [3.05, 3.63) is 40.6 Å². The summed E-state index contributed by atoms with van der Waals surface area (Å²) in [6, 6.07) is 7.78. The lowest BCUT2D eigenvalue weighted by molar-refractivity contribution is 0.602. The van der Waals surface area contributed by atoms with E-state index >= 15 is 0 Å². The second kappa shape index (κ2) is 5.32. The highest BCUT2D eigenvalue weighted by molar-refractivity contribution is 7.90. The van der Waals surface area contributed by atoms with Gasteiger partial charge in [-0.15, -0.1) is 10.2 Å². The normalized spacial score (nSPS) is 11.3. The van der Waals surface area contributed by atoms with Gasteiger partial charge in [-0.1, -0.05) is 23.2 Å². The van der Waals surface area contributed by atoms with Gasteiger partial charge in [0.05, 0.1) is 10.6 Å². The lowest BCUT2D eigenvalue weighted by Gasteiger charge is -2.08. The first-order valence-corrected chi connectivity index (χ1v) is 7.77. The minimum Gasteiger partial charge on any atom is -0.353 e. The molecular weight excluding hydrogens is 309 g/mol. The van der Waals surface area contributed by atoms with Crippen LogP contribution in [0.2, 0.25) is 10.3 Å². The Hall–Kier alpha value is -1.37. The van der Waals surface area contributed by atoms with Crippen LogP contribution in [-0.4, -0.2) is 24.9 Å². The molecule has 0 fully saturated rings. The van der Waals surface area contributed by atoms with Crippen molar-refractivity contribution in [3.8, 4) is 0 Å². The summed E-state index contributed by atoms with van der Waals surface area (Å²) in [5.41, 5.74) is 1.16. The van der Waals surface area contributed by atoms with Gasteiger partial charge in [0.1, 0.15) is 0 Å². The van der Waals surface area contributed by atoms with E-state index in [0.717, 1.165) is 6.26 Å². The van der Waals surface area contributed by atoms with Crippen molar-refractivity contribution in [2.45, 2.75) is 4.90 Å². The Morgan fingerprint density at radius 1 is 1.11 bits per heavy atom. The van der Waals surface area contributed by atoms with Gasteiger partial charge >= 0.3 is 0 Å².